The van der Waals surface area contributed by atoms with E-state index in [2.05, 4.69) is 57.2 Å². The van der Waals surface area contributed by atoms with Crippen LogP contribution in [0.25, 0.3) is 0 Å². The zero-order valence-electron chi connectivity index (χ0n) is 17.9. The van der Waals surface area contributed by atoms with Crippen molar-refractivity contribution in [3.05, 3.63) is 30.0 Å². The van der Waals surface area contributed by atoms with Crippen molar-refractivity contribution < 1.29 is 4.79 Å². The van der Waals surface area contributed by atoms with Crippen LogP contribution in [0.3, 0.4) is 0 Å². The molecule has 0 radical (unpaired) electrons. The van der Waals surface area contributed by atoms with Crippen molar-refractivity contribution in [2.75, 3.05) is 61.4 Å². The summed E-state index contributed by atoms with van der Waals surface area (Å²) in [6.45, 7) is 8.44. The van der Waals surface area contributed by atoms with E-state index in [9.17, 15) is 4.79 Å². The van der Waals surface area contributed by atoms with Crippen LogP contribution in [-0.4, -0.2) is 62.8 Å². The molecule has 30 heavy (non-hydrogen) atoms. The molecule has 0 saturated carbocycles. The minimum Gasteiger partial charge on any atom is -0.370 e. The standard InChI is InChI=1S/C23H30N6O/c1-17-5-7-29(8-6-17)22-14-19(28-11-9-27(2)10-12-28)3-4-20(22)26-23(30)21-13-18(15-24)16-25-21/h3-4,14,16-17H,5-13H2,1-2H3,(H,26,30). The van der Waals surface area contributed by atoms with Crippen LogP contribution >= 0.6 is 0 Å². The molecule has 3 heterocycles. The summed E-state index contributed by atoms with van der Waals surface area (Å²) in [4.78, 5) is 24.1. The fraction of sp³-hybridized carbons (Fsp3) is 0.522. The molecule has 1 amide bonds. The average molecular weight is 407 g/mol. The second-order valence-electron chi connectivity index (χ2n) is 8.63. The third-order valence-corrected chi connectivity index (χ3v) is 6.36. The number of piperidine rings is 1. The number of piperazine rings is 1. The number of hydrogen-bond acceptors (Lipinski definition) is 6. The number of nitrogens with zero attached hydrogens (tertiary/aromatic N) is 5. The smallest absolute Gasteiger partial charge is 0.270 e. The van der Waals surface area contributed by atoms with Gasteiger partial charge in [0.15, 0.2) is 0 Å². The molecule has 0 spiro atoms. The van der Waals surface area contributed by atoms with Gasteiger partial charge in [-0.25, -0.2) is 0 Å². The number of allylic oxidation sites excluding steroid dienone is 1. The quantitative estimate of drug-likeness (QED) is 0.832. The molecule has 7 nitrogen and oxygen atoms in total. The fourth-order valence-electron chi connectivity index (χ4n) is 4.23. The highest BCUT2D eigenvalue weighted by Crippen LogP contribution is 2.34. The zero-order valence-corrected chi connectivity index (χ0v) is 17.9. The van der Waals surface area contributed by atoms with Gasteiger partial charge < -0.3 is 20.0 Å². The summed E-state index contributed by atoms with van der Waals surface area (Å²) in [5.41, 5.74) is 4.03. The minimum absolute atomic E-state index is 0.226. The minimum atomic E-state index is -0.226. The van der Waals surface area contributed by atoms with E-state index in [1.165, 1.54) is 11.9 Å². The molecule has 3 aliphatic rings. The van der Waals surface area contributed by atoms with Crippen molar-refractivity contribution >= 4 is 28.7 Å². The van der Waals surface area contributed by atoms with Crippen LogP contribution in [0.2, 0.25) is 0 Å². The number of carbonyl (C=O) groups is 1. The molecule has 0 atom stereocenters. The Balaban J connectivity index is 1.56. The van der Waals surface area contributed by atoms with Gasteiger partial charge in [0, 0.05) is 57.6 Å². The molecule has 158 valence electrons. The predicted octanol–water partition coefficient (Wildman–Crippen LogP) is 2.87. The zero-order chi connectivity index (χ0) is 21.1. The average Bonchev–Trinajstić information content (AvgIpc) is 3.25. The van der Waals surface area contributed by atoms with Gasteiger partial charge in [0.25, 0.3) is 5.91 Å². The Morgan fingerprint density at radius 3 is 2.53 bits per heavy atom. The van der Waals surface area contributed by atoms with E-state index >= 15 is 0 Å². The lowest BCUT2D eigenvalue weighted by molar-refractivity contribution is -0.110. The number of benzene rings is 1. The fourth-order valence-corrected chi connectivity index (χ4v) is 4.23. The lowest BCUT2D eigenvalue weighted by Crippen LogP contribution is -2.44. The SMILES string of the molecule is CC1CCN(c2cc(N3CCN(C)CC3)ccc2NC(=O)C2=NC=C(C#N)C2)CC1. The van der Waals surface area contributed by atoms with Crippen molar-refractivity contribution in [3.63, 3.8) is 0 Å². The van der Waals surface area contributed by atoms with E-state index in [0.717, 1.165) is 69.4 Å². The summed E-state index contributed by atoms with van der Waals surface area (Å²) in [6, 6.07) is 8.43. The van der Waals surface area contributed by atoms with Gasteiger partial charge in [0.1, 0.15) is 5.71 Å². The highest BCUT2D eigenvalue weighted by atomic mass is 16.1. The summed E-state index contributed by atoms with van der Waals surface area (Å²) in [7, 11) is 2.16. The second kappa shape index (κ2) is 8.88. The van der Waals surface area contributed by atoms with Crippen molar-refractivity contribution in [3.8, 4) is 6.07 Å². The molecule has 4 rings (SSSR count). The van der Waals surface area contributed by atoms with E-state index < -0.39 is 0 Å². The summed E-state index contributed by atoms with van der Waals surface area (Å²) in [5, 5.41) is 12.1. The van der Waals surface area contributed by atoms with Crippen LogP contribution in [0.1, 0.15) is 26.2 Å². The van der Waals surface area contributed by atoms with Gasteiger partial charge in [-0.1, -0.05) is 6.92 Å². The van der Waals surface area contributed by atoms with E-state index in [1.54, 1.807) is 0 Å². The predicted molar refractivity (Wildman–Crippen MR) is 121 cm³/mol. The molecule has 2 saturated heterocycles. The Morgan fingerprint density at radius 1 is 1.13 bits per heavy atom. The van der Waals surface area contributed by atoms with E-state index in [-0.39, 0.29) is 5.91 Å². The van der Waals surface area contributed by atoms with E-state index in [4.69, 9.17) is 5.26 Å². The Labute approximate surface area is 178 Å². The summed E-state index contributed by atoms with van der Waals surface area (Å²) in [5.74, 6) is 0.513. The molecule has 0 bridgehead atoms. The number of likely N-dealkylation sites (N-methyl/N-ethyl adjacent to an activating group) is 1. The maximum atomic E-state index is 12.8. The summed E-state index contributed by atoms with van der Waals surface area (Å²) >= 11 is 0. The van der Waals surface area contributed by atoms with Crippen LogP contribution in [0.4, 0.5) is 17.1 Å². The molecule has 0 unspecified atom stereocenters. The van der Waals surface area contributed by atoms with Crippen molar-refractivity contribution in [2.45, 2.75) is 26.2 Å². The first-order chi connectivity index (χ1) is 14.5. The first-order valence-corrected chi connectivity index (χ1v) is 10.8. The molecule has 1 aromatic rings. The second-order valence-corrected chi connectivity index (χ2v) is 8.63. The van der Waals surface area contributed by atoms with Gasteiger partial charge in [-0.05, 0) is 44.0 Å². The Kier molecular flexibility index (Phi) is 6.05. The van der Waals surface area contributed by atoms with Gasteiger partial charge in [-0.15, -0.1) is 0 Å². The molecule has 3 aliphatic heterocycles. The molecule has 2 fully saturated rings. The van der Waals surface area contributed by atoms with Crippen LogP contribution in [0.5, 0.6) is 0 Å². The van der Waals surface area contributed by atoms with Crippen LogP contribution in [-0.2, 0) is 4.79 Å². The number of carbonyl (C=O) groups excluding carboxylic acids is 1. The molecule has 0 aliphatic carbocycles. The Hall–Kier alpha value is -2.85. The lowest BCUT2D eigenvalue weighted by Gasteiger charge is -2.37. The third kappa shape index (κ3) is 4.49. The van der Waals surface area contributed by atoms with Gasteiger partial charge >= 0.3 is 0 Å². The number of amides is 1. The number of rotatable bonds is 4. The monoisotopic (exact) mass is 406 g/mol. The number of anilines is 3. The Bertz CT molecular complexity index is 899. The van der Waals surface area contributed by atoms with Gasteiger partial charge in [0.05, 0.1) is 23.0 Å². The molecular formula is C23H30N6O. The molecule has 7 heteroatoms. The molecule has 0 aromatic heterocycles. The molecule has 1 N–H and O–H groups in total. The van der Waals surface area contributed by atoms with Gasteiger partial charge in [-0.3, -0.25) is 9.79 Å². The van der Waals surface area contributed by atoms with Crippen LogP contribution < -0.4 is 15.1 Å². The summed E-state index contributed by atoms with van der Waals surface area (Å²) in [6.07, 6.45) is 4.11. The first kappa shape index (κ1) is 20.4. The van der Waals surface area contributed by atoms with Gasteiger partial charge in [-0.2, -0.15) is 5.26 Å². The maximum Gasteiger partial charge on any atom is 0.270 e. The van der Waals surface area contributed by atoms with Crippen molar-refractivity contribution in [1.82, 2.24) is 4.90 Å². The van der Waals surface area contributed by atoms with Crippen LogP contribution in [0, 0.1) is 17.2 Å². The van der Waals surface area contributed by atoms with Crippen LogP contribution in [0.15, 0.2) is 35.0 Å². The number of hydrogen-bond donors (Lipinski definition) is 1. The Morgan fingerprint density at radius 2 is 1.87 bits per heavy atom. The molecule has 1 aromatic carbocycles. The highest BCUT2D eigenvalue weighted by molar-refractivity contribution is 6.44. The maximum absolute atomic E-state index is 12.8. The third-order valence-electron chi connectivity index (χ3n) is 6.36. The lowest BCUT2D eigenvalue weighted by atomic mass is 9.98. The van der Waals surface area contributed by atoms with Crippen molar-refractivity contribution in [2.24, 2.45) is 10.9 Å². The van der Waals surface area contributed by atoms with E-state index in [1.807, 2.05) is 6.07 Å². The van der Waals surface area contributed by atoms with E-state index in [0.29, 0.717) is 17.7 Å². The van der Waals surface area contributed by atoms with Crippen molar-refractivity contribution in [1.29, 1.82) is 5.26 Å². The number of nitrogens with one attached hydrogen (secondary N) is 1. The van der Waals surface area contributed by atoms with Gasteiger partial charge in [0.2, 0.25) is 0 Å². The first-order valence-electron chi connectivity index (χ1n) is 10.8. The topological polar surface area (TPSA) is 75.0 Å². The summed E-state index contributed by atoms with van der Waals surface area (Å²) < 4.78 is 0. The largest absolute Gasteiger partial charge is 0.370 e. The molecular weight excluding hydrogens is 376 g/mol. The normalized spacial score (nSPS) is 20.6. The number of nitriles is 1. The number of aliphatic imine (C=N–C) groups is 1. The highest BCUT2D eigenvalue weighted by Gasteiger charge is 2.24.